The van der Waals surface area contributed by atoms with Gasteiger partial charge in [-0.2, -0.15) is 0 Å². The first-order valence-corrected chi connectivity index (χ1v) is 15.9. The van der Waals surface area contributed by atoms with E-state index in [1.807, 2.05) is 6.92 Å². The molecule has 6 heteroatoms. The summed E-state index contributed by atoms with van der Waals surface area (Å²) in [6.45, 7) is 21.3. The van der Waals surface area contributed by atoms with Crippen LogP contribution < -0.4 is 0 Å². The maximum absolute atomic E-state index is 12.1. The van der Waals surface area contributed by atoms with Crippen LogP contribution in [0.25, 0.3) is 0 Å². The Morgan fingerprint density at radius 3 is 1.65 bits per heavy atom. The van der Waals surface area contributed by atoms with E-state index in [0.717, 1.165) is 12.8 Å². The quantitative estimate of drug-likeness (QED) is 0.612. The van der Waals surface area contributed by atoms with Crippen LogP contribution in [0.3, 0.4) is 0 Å². The molecule has 0 aromatic carbocycles. The highest BCUT2D eigenvalue weighted by molar-refractivity contribution is 6.77. The predicted molar refractivity (Wildman–Crippen MR) is 92.7 cm³/mol. The second kappa shape index (κ2) is 6.64. The van der Waals surface area contributed by atoms with E-state index in [1.54, 1.807) is 6.55 Å². The molecule has 0 saturated carbocycles. The zero-order chi connectivity index (χ0) is 16.4. The molecule has 0 amide bonds. The van der Waals surface area contributed by atoms with Crippen LogP contribution >= 0.6 is 0 Å². The Kier molecular flexibility index (Phi) is 6.77. The third kappa shape index (κ3) is 4.98. The van der Waals surface area contributed by atoms with Crippen molar-refractivity contribution in [2.24, 2.45) is 0 Å². The van der Waals surface area contributed by atoms with Crippen LogP contribution in [0.4, 0.5) is 0 Å². The summed E-state index contributed by atoms with van der Waals surface area (Å²) in [6.07, 6.45) is 1.71. The number of hydrogen-bond donors (Lipinski definition) is 0. The highest BCUT2D eigenvalue weighted by atomic mass is 28.4. The normalized spacial score (nSPS) is 19.3. The molecule has 0 aliphatic rings. The van der Waals surface area contributed by atoms with Crippen molar-refractivity contribution in [2.45, 2.75) is 90.3 Å². The van der Waals surface area contributed by atoms with Gasteiger partial charge in [-0.15, -0.1) is 0 Å². The fourth-order valence-corrected chi connectivity index (χ4v) is 9.93. The molecule has 0 saturated heterocycles. The Hall–Kier alpha value is 0.371. The van der Waals surface area contributed by atoms with Gasteiger partial charge in [-0.05, 0) is 66.0 Å². The van der Waals surface area contributed by atoms with Crippen molar-refractivity contribution >= 4 is 25.3 Å². The van der Waals surface area contributed by atoms with E-state index in [9.17, 15) is 4.46 Å². The van der Waals surface area contributed by atoms with Crippen LogP contribution in [0.15, 0.2) is 0 Å². The standard InChI is InChI=1S/C14H34O3Si3/c1-11-13(3,18(5)15)16-20(9,10)14(4,12-2)17-19(6,7)8/h11-12H2,1-10H3. The Morgan fingerprint density at radius 1 is 0.950 bits per heavy atom. The van der Waals surface area contributed by atoms with Crippen molar-refractivity contribution in [2.75, 3.05) is 0 Å². The zero-order valence-electron chi connectivity index (χ0n) is 15.1. The highest BCUT2D eigenvalue weighted by Gasteiger charge is 2.51. The molecule has 0 aromatic rings. The summed E-state index contributed by atoms with van der Waals surface area (Å²) >= 11 is 0. The fourth-order valence-electron chi connectivity index (χ4n) is 2.36. The van der Waals surface area contributed by atoms with Crippen LogP contribution in [0, 0.1) is 0 Å². The van der Waals surface area contributed by atoms with Gasteiger partial charge in [0.1, 0.15) is 0 Å². The van der Waals surface area contributed by atoms with Gasteiger partial charge in [0.25, 0.3) is 0 Å². The van der Waals surface area contributed by atoms with E-state index in [-0.39, 0.29) is 5.22 Å². The molecule has 2 atom stereocenters. The van der Waals surface area contributed by atoms with Gasteiger partial charge in [0.2, 0.25) is 8.32 Å². The van der Waals surface area contributed by atoms with Crippen LogP contribution in [-0.4, -0.2) is 35.8 Å². The molecule has 0 aromatic heterocycles. The topological polar surface area (TPSA) is 35.5 Å². The molecule has 0 spiro atoms. The van der Waals surface area contributed by atoms with E-state index in [4.69, 9.17) is 8.85 Å². The third-order valence-electron chi connectivity index (χ3n) is 4.38. The first-order valence-electron chi connectivity index (χ1n) is 7.64. The van der Waals surface area contributed by atoms with E-state index in [1.165, 1.54) is 0 Å². The summed E-state index contributed by atoms with van der Waals surface area (Å²) in [5.41, 5.74) is 0. The molecule has 0 aliphatic heterocycles. The third-order valence-corrected chi connectivity index (χ3v) is 11.8. The molecule has 0 heterocycles. The molecule has 0 radical (unpaired) electrons. The molecule has 2 unspecified atom stereocenters. The fraction of sp³-hybridized carbons (Fsp3) is 1.00. The first-order chi connectivity index (χ1) is 8.73. The molecular weight excluding hydrogens is 300 g/mol. The summed E-state index contributed by atoms with van der Waals surface area (Å²) in [6, 6.07) is 0. The molecule has 0 rings (SSSR count). The van der Waals surface area contributed by atoms with Gasteiger partial charge in [-0.1, -0.05) is 13.8 Å². The minimum atomic E-state index is -2.15. The van der Waals surface area contributed by atoms with E-state index < -0.39 is 30.5 Å². The average Bonchev–Trinajstić information content (AvgIpc) is 2.25. The molecule has 0 aliphatic carbocycles. The van der Waals surface area contributed by atoms with Crippen molar-refractivity contribution < 1.29 is 13.3 Å². The smallest absolute Gasteiger partial charge is 0.305 e. The van der Waals surface area contributed by atoms with Gasteiger partial charge in [-0.3, -0.25) is 0 Å². The first kappa shape index (κ1) is 20.4. The van der Waals surface area contributed by atoms with Gasteiger partial charge in [-0.25, -0.2) is 0 Å². The van der Waals surface area contributed by atoms with Crippen molar-refractivity contribution in [3.05, 3.63) is 0 Å². The summed E-state index contributed by atoms with van der Waals surface area (Å²) in [5, 5.41) is -0.731. The Morgan fingerprint density at radius 2 is 1.40 bits per heavy atom. The zero-order valence-corrected chi connectivity index (χ0v) is 18.1. The van der Waals surface area contributed by atoms with Crippen molar-refractivity contribution in [3.8, 4) is 0 Å². The Bertz CT molecular complexity index is 352. The van der Waals surface area contributed by atoms with Gasteiger partial charge in [0.15, 0.2) is 8.32 Å². The Labute approximate surface area is 129 Å². The lowest BCUT2D eigenvalue weighted by Crippen LogP contribution is -2.63. The minimum absolute atomic E-state index is 0.231. The lowest BCUT2D eigenvalue weighted by atomic mass is 10.3. The molecule has 20 heavy (non-hydrogen) atoms. The van der Waals surface area contributed by atoms with Crippen LogP contribution in [-0.2, 0) is 13.3 Å². The van der Waals surface area contributed by atoms with Gasteiger partial charge >= 0.3 is 8.68 Å². The minimum Gasteiger partial charge on any atom is -0.412 e. The van der Waals surface area contributed by atoms with Gasteiger partial charge in [0, 0.05) is 0 Å². The SMILES string of the molecule is CCC(C)(O[Si](C)(C)C(C)(CC)O[Si](C)(C)C)[Si](C)=O. The molecule has 120 valence electrons. The second-order valence-corrected chi connectivity index (χ2v) is 18.4. The molecule has 0 bridgehead atoms. The average molecular weight is 335 g/mol. The summed E-state index contributed by atoms with van der Waals surface area (Å²) in [5.74, 6) is 0. The van der Waals surface area contributed by atoms with Crippen molar-refractivity contribution in [1.82, 2.24) is 0 Å². The van der Waals surface area contributed by atoms with Crippen LogP contribution in [0.1, 0.15) is 40.5 Å². The Balaban J connectivity index is 5.41. The summed E-state index contributed by atoms with van der Waals surface area (Å²) in [7, 11) is -5.55. The van der Waals surface area contributed by atoms with E-state index in [2.05, 4.69) is 53.5 Å². The van der Waals surface area contributed by atoms with Crippen LogP contribution in [0.5, 0.6) is 0 Å². The number of rotatable bonds is 8. The van der Waals surface area contributed by atoms with E-state index in [0.29, 0.717) is 0 Å². The maximum atomic E-state index is 12.1. The highest BCUT2D eigenvalue weighted by Crippen LogP contribution is 2.36. The second-order valence-electron chi connectivity index (χ2n) is 7.55. The van der Waals surface area contributed by atoms with Crippen molar-refractivity contribution in [1.29, 1.82) is 0 Å². The molecular formula is C14H34O3Si3. The molecule has 3 nitrogen and oxygen atoms in total. The van der Waals surface area contributed by atoms with Gasteiger partial charge in [0.05, 0.1) is 10.4 Å². The maximum Gasteiger partial charge on any atom is 0.305 e. The van der Waals surface area contributed by atoms with Crippen LogP contribution in [0.2, 0.25) is 39.3 Å². The van der Waals surface area contributed by atoms with E-state index >= 15 is 0 Å². The predicted octanol–water partition coefficient (Wildman–Crippen LogP) is 4.53. The summed E-state index contributed by atoms with van der Waals surface area (Å²) < 4.78 is 25.1. The molecule has 0 fully saturated rings. The molecule has 0 N–H and O–H groups in total. The van der Waals surface area contributed by atoms with Gasteiger partial charge < -0.3 is 13.3 Å². The van der Waals surface area contributed by atoms with Crippen molar-refractivity contribution in [3.63, 3.8) is 0 Å². The largest absolute Gasteiger partial charge is 0.412 e. The lowest BCUT2D eigenvalue weighted by Gasteiger charge is -2.48. The monoisotopic (exact) mass is 334 g/mol. The number of hydrogen-bond acceptors (Lipinski definition) is 3. The summed E-state index contributed by atoms with van der Waals surface area (Å²) in [4.78, 5) is 0. The lowest BCUT2D eigenvalue weighted by molar-refractivity contribution is 0.0764.